The van der Waals surface area contributed by atoms with Crippen LogP contribution in [0.2, 0.25) is 0 Å². The van der Waals surface area contributed by atoms with Crippen LogP contribution >= 0.6 is 0 Å². The lowest BCUT2D eigenvalue weighted by Gasteiger charge is -2.10. The van der Waals surface area contributed by atoms with Crippen molar-refractivity contribution in [3.05, 3.63) is 53.1 Å². The second-order valence-corrected chi connectivity index (χ2v) is 4.80. The summed E-state index contributed by atoms with van der Waals surface area (Å²) >= 11 is 0. The van der Waals surface area contributed by atoms with E-state index >= 15 is 0 Å². The largest absolute Gasteiger partial charge is 0.504 e. The number of fused-ring (bicyclic) bond motifs is 1. The second-order valence-electron chi connectivity index (χ2n) is 4.80. The molecule has 2 aromatic rings. The molecule has 3 nitrogen and oxygen atoms in total. The Balaban J connectivity index is 1.86. The fourth-order valence-corrected chi connectivity index (χ4v) is 2.56. The van der Waals surface area contributed by atoms with Crippen LogP contribution in [0.1, 0.15) is 16.7 Å². The first-order chi connectivity index (χ1) is 9.25. The maximum atomic E-state index is 9.75. The predicted octanol–water partition coefficient (Wildman–Crippen LogP) is 2.82. The summed E-state index contributed by atoms with van der Waals surface area (Å²) in [5, 5.41) is 19.5. The molecule has 0 atom stereocenters. The molecule has 0 aliphatic carbocycles. The standard InChI is InChI=1S/C16H16O3/c17-14-10-12(7-6-11-4-2-1-3-5-11)13-8-9-19-16(13)15(14)18/h1-5,10,17-18H,6-9H2. The fraction of sp³-hybridized carbons (Fsp3) is 0.250. The van der Waals surface area contributed by atoms with Crippen molar-refractivity contribution in [1.82, 2.24) is 0 Å². The second kappa shape index (κ2) is 4.84. The molecule has 0 fully saturated rings. The molecule has 0 amide bonds. The minimum Gasteiger partial charge on any atom is -0.504 e. The number of phenols is 2. The molecule has 0 bridgehead atoms. The molecule has 2 aromatic carbocycles. The van der Waals surface area contributed by atoms with Crippen LogP contribution in [0.25, 0.3) is 0 Å². The van der Waals surface area contributed by atoms with Crippen LogP contribution in [-0.4, -0.2) is 16.8 Å². The van der Waals surface area contributed by atoms with Gasteiger partial charge in [0.05, 0.1) is 6.61 Å². The van der Waals surface area contributed by atoms with Crippen LogP contribution in [0, 0.1) is 0 Å². The third-order valence-electron chi connectivity index (χ3n) is 3.55. The molecule has 0 saturated carbocycles. The summed E-state index contributed by atoms with van der Waals surface area (Å²) in [6, 6.07) is 11.9. The summed E-state index contributed by atoms with van der Waals surface area (Å²) < 4.78 is 5.39. The van der Waals surface area contributed by atoms with Gasteiger partial charge in [0.15, 0.2) is 11.5 Å². The monoisotopic (exact) mass is 256 g/mol. The molecule has 98 valence electrons. The van der Waals surface area contributed by atoms with E-state index in [0.717, 1.165) is 30.4 Å². The highest BCUT2D eigenvalue weighted by atomic mass is 16.5. The van der Waals surface area contributed by atoms with Gasteiger partial charge in [0.2, 0.25) is 5.75 Å². The van der Waals surface area contributed by atoms with E-state index in [-0.39, 0.29) is 11.5 Å². The molecule has 1 heterocycles. The summed E-state index contributed by atoms with van der Waals surface area (Å²) in [6.07, 6.45) is 2.55. The number of benzene rings is 2. The van der Waals surface area contributed by atoms with E-state index in [0.29, 0.717) is 12.4 Å². The summed E-state index contributed by atoms with van der Waals surface area (Å²) in [7, 11) is 0. The van der Waals surface area contributed by atoms with E-state index in [1.165, 1.54) is 5.56 Å². The molecular formula is C16H16O3. The van der Waals surface area contributed by atoms with E-state index in [9.17, 15) is 10.2 Å². The Bertz CT molecular complexity index is 591. The van der Waals surface area contributed by atoms with Gasteiger partial charge in [-0.05, 0) is 30.0 Å². The third-order valence-corrected chi connectivity index (χ3v) is 3.55. The number of aryl methyl sites for hydroxylation is 2. The van der Waals surface area contributed by atoms with Crippen LogP contribution in [0.15, 0.2) is 36.4 Å². The maximum absolute atomic E-state index is 9.75. The van der Waals surface area contributed by atoms with Crippen LogP contribution in [-0.2, 0) is 19.3 Å². The minimum atomic E-state index is -0.129. The average molecular weight is 256 g/mol. The van der Waals surface area contributed by atoms with Gasteiger partial charge in [-0.25, -0.2) is 0 Å². The summed E-state index contributed by atoms with van der Waals surface area (Å²) in [4.78, 5) is 0. The quantitative estimate of drug-likeness (QED) is 0.830. The van der Waals surface area contributed by atoms with Crippen LogP contribution in [0.4, 0.5) is 0 Å². The molecule has 0 saturated heterocycles. The lowest BCUT2D eigenvalue weighted by Crippen LogP contribution is -1.96. The highest BCUT2D eigenvalue weighted by molar-refractivity contribution is 5.59. The van der Waals surface area contributed by atoms with Crippen molar-refractivity contribution in [3.63, 3.8) is 0 Å². The van der Waals surface area contributed by atoms with E-state index in [4.69, 9.17) is 4.74 Å². The van der Waals surface area contributed by atoms with Crippen molar-refractivity contribution in [3.8, 4) is 17.2 Å². The van der Waals surface area contributed by atoms with E-state index in [2.05, 4.69) is 12.1 Å². The lowest BCUT2D eigenvalue weighted by molar-refractivity contribution is 0.324. The van der Waals surface area contributed by atoms with Gasteiger partial charge in [-0.3, -0.25) is 0 Å². The molecule has 3 rings (SSSR count). The Hall–Kier alpha value is -2.16. The Labute approximate surface area is 112 Å². The predicted molar refractivity (Wildman–Crippen MR) is 72.8 cm³/mol. The average Bonchev–Trinajstić information content (AvgIpc) is 2.92. The van der Waals surface area contributed by atoms with Crippen molar-refractivity contribution in [2.24, 2.45) is 0 Å². The molecular weight excluding hydrogens is 240 g/mol. The number of ether oxygens (including phenoxy) is 1. The topological polar surface area (TPSA) is 49.7 Å². The van der Waals surface area contributed by atoms with Gasteiger partial charge in [0.1, 0.15) is 0 Å². The molecule has 3 heteroatoms. The fourth-order valence-electron chi connectivity index (χ4n) is 2.56. The first-order valence-corrected chi connectivity index (χ1v) is 6.49. The first-order valence-electron chi connectivity index (χ1n) is 6.49. The zero-order valence-electron chi connectivity index (χ0n) is 10.6. The highest BCUT2D eigenvalue weighted by Gasteiger charge is 2.23. The van der Waals surface area contributed by atoms with Crippen molar-refractivity contribution in [1.29, 1.82) is 0 Å². The van der Waals surface area contributed by atoms with Crippen molar-refractivity contribution < 1.29 is 14.9 Å². The number of phenolic OH excluding ortho intramolecular Hbond substituents is 2. The van der Waals surface area contributed by atoms with Gasteiger partial charge in [-0.2, -0.15) is 0 Å². The van der Waals surface area contributed by atoms with E-state index in [1.54, 1.807) is 6.07 Å². The van der Waals surface area contributed by atoms with Crippen molar-refractivity contribution >= 4 is 0 Å². The van der Waals surface area contributed by atoms with Crippen LogP contribution < -0.4 is 4.74 Å². The Morgan fingerprint density at radius 1 is 1.05 bits per heavy atom. The molecule has 0 unspecified atom stereocenters. The minimum absolute atomic E-state index is 0.0938. The smallest absolute Gasteiger partial charge is 0.200 e. The lowest BCUT2D eigenvalue weighted by atomic mass is 9.97. The number of rotatable bonds is 3. The normalized spacial score (nSPS) is 13.1. The maximum Gasteiger partial charge on any atom is 0.200 e. The molecule has 0 aromatic heterocycles. The first kappa shape index (κ1) is 11.9. The van der Waals surface area contributed by atoms with Crippen molar-refractivity contribution in [2.45, 2.75) is 19.3 Å². The van der Waals surface area contributed by atoms with Crippen LogP contribution in [0.5, 0.6) is 17.2 Å². The van der Waals surface area contributed by atoms with Gasteiger partial charge in [-0.1, -0.05) is 30.3 Å². The molecule has 1 aliphatic heterocycles. The van der Waals surface area contributed by atoms with Crippen LogP contribution in [0.3, 0.4) is 0 Å². The number of aromatic hydroxyl groups is 2. The molecule has 0 radical (unpaired) electrons. The van der Waals surface area contributed by atoms with E-state index < -0.39 is 0 Å². The van der Waals surface area contributed by atoms with E-state index in [1.807, 2.05) is 18.2 Å². The SMILES string of the molecule is Oc1cc(CCc2ccccc2)c2c(c1O)OCC2. The molecule has 2 N–H and O–H groups in total. The Morgan fingerprint density at radius 3 is 2.63 bits per heavy atom. The molecule has 1 aliphatic rings. The summed E-state index contributed by atoms with van der Waals surface area (Å²) in [6.45, 7) is 0.574. The summed E-state index contributed by atoms with van der Waals surface area (Å²) in [5.41, 5.74) is 3.36. The third kappa shape index (κ3) is 2.24. The highest BCUT2D eigenvalue weighted by Crippen LogP contribution is 2.43. The molecule has 19 heavy (non-hydrogen) atoms. The number of hydrogen-bond acceptors (Lipinski definition) is 3. The Kier molecular flexibility index (Phi) is 3.03. The van der Waals surface area contributed by atoms with Crippen molar-refractivity contribution in [2.75, 3.05) is 6.61 Å². The van der Waals surface area contributed by atoms with Gasteiger partial charge in [0, 0.05) is 12.0 Å². The Morgan fingerprint density at radius 2 is 1.84 bits per heavy atom. The number of hydrogen-bond donors (Lipinski definition) is 2. The molecule has 0 spiro atoms. The van der Waals surface area contributed by atoms with Gasteiger partial charge >= 0.3 is 0 Å². The summed E-state index contributed by atoms with van der Waals surface area (Å²) in [5.74, 6) is 0.239. The van der Waals surface area contributed by atoms with Gasteiger partial charge < -0.3 is 14.9 Å². The zero-order chi connectivity index (χ0) is 13.2. The van der Waals surface area contributed by atoms with Gasteiger partial charge in [-0.15, -0.1) is 0 Å². The van der Waals surface area contributed by atoms with Gasteiger partial charge in [0.25, 0.3) is 0 Å². The zero-order valence-corrected chi connectivity index (χ0v) is 10.6.